The summed E-state index contributed by atoms with van der Waals surface area (Å²) in [5.41, 5.74) is 5.00. The number of carbonyl (C=O) groups is 1. The Morgan fingerprint density at radius 2 is 2.15 bits per heavy atom. The van der Waals surface area contributed by atoms with E-state index in [0.717, 1.165) is 25.7 Å². The van der Waals surface area contributed by atoms with E-state index in [9.17, 15) is 9.90 Å². The Bertz CT molecular complexity index is 173. The quantitative estimate of drug-likeness (QED) is 0.567. The molecule has 13 heavy (non-hydrogen) atoms. The summed E-state index contributed by atoms with van der Waals surface area (Å²) in [7, 11) is 0. The first-order valence-electron chi connectivity index (χ1n) is 4.90. The molecular formula is C9H18N2O2. The number of amides is 1. The molecule has 0 aliphatic heterocycles. The molecule has 0 heterocycles. The largest absolute Gasteiger partial charge is 0.392 e. The van der Waals surface area contributed by atoms with Gasteiger partial charge in [0.05, 0.1) is 6.10 Å². The molecule has 2 atom stereocenters. The number of nitrogens with one attached hydrogen (secondary N) is 1. The van der Waals surface area contributed by atoms with Crippen molar-refractivity contribution in [2.24, 2.45) is 5.73 Å². The molecule has 1 rings (SSSR count). The lowest BCUT2D eigenvalue weighted by Gasteiger charge is -2.28. The molecule has 1 fully saturated rings. The Labute approximate surface area is 78.5 Å². The van der Waals surface area contributed by atoms with Gasteiger partial charge in [0.15, 0.2) is 0 Å². The molecule has 1 amide bonds. The van der Waals surface area contributed by atoms with E-state index in [1.54, 1.807) is 0 Å². The molecule has 76 valence electrons. The van der Waals surface area contributed by atoms with E-state index in [2.05, 4.69) is 5.32 Å². The van der Waals surface area contributed by atoms with Crippen LogP contribution >= 0.6 is 0 Å². The number of aliphatic hydroxyl groups excluding tert-OH is 1. The Hall–Kier alpha value is -0.610. The Kier molecular flexibility index (Phi) is 4.18. The van der Waals surface area contributed by atoms with Gasteiger partial charge in [-0.1, -0.05) is 12.8 Å². The van der Waals surface area contributed by atoms with Gasteiger partial charge >= 0.3 is 0 Å². The van der Waals surface area contributed by atoms with E-state index in [1.165, 1.54) is 0 Å². The van der Waals surface area contributed by atoms with Crippen molar-refractivity contribution < 1.29 is 9.90 Å². The second-order valence-corrected chi connectivity index (χ2v) is 3.63. The minimum Gasteiger partial charge on any atom is -0.392 e. The number of nitrogens with two attached hydrogens (primary N) is 1. The van der Waals surface area contributed by atoms with Crippen LogP contribution in [0.4, 0.5) is 0 Å². The van der Waals surface area contributed by atoms with E-state index >= 15 is 0 Å². The average molecular weight is 186 g/mol. The molecule has 1 saturated carbocycles. The second-order valence-electron chi connectivity index (χ2n) is 3.63. The summed E-state index contributed by atoms with van der Waals surface area (Å²) in [5.74, 6) is -0.294. The van der Waals surface area contributed by atoms with Crippen molar-refractivity contribution in [2.75, 3.05) is 6.54 Å². The molecule has 0 aromatic heterocycles. The molecule has 0 saturated heterocycles. The molecule has 0 radical (unpaired) electrons. The van der Waals surface area contributed by atoms with Gasteiger partial charge in [-0.3, -0.25) is 4.79 Å². The number of rotatable bonds is 4. The van der Waals surface area contributed by atoms with E-state index in [-0.39, 0.29) is 18.1 Å². The van der Waals surface area contributed by atoms with Gasteiger partial charge in [-0.05, 0) is 12.8 Å². The Morgan fingerprint density at radius 1 is 1.46 bits per heavy atom. The van der Waals surface area contributed by atoms with Gasteiger partial charge in [-0.15, -0.1) is 0 Å². The SMILES string of the molecule is NC(=O)CCNC1CCCCC1O. The standard InChI is InChI=1S/C9H18N2O2/c10-9(13)5-6-11-7-3-1-2-4-8(7)12/h7-8,11-12H,1-6H2,(H2,10,13). The van der Waals surface area contributed by atoms with Crippen LogP contribution in [0.5, 0.6) is 0 Å². The van der Waals surface area contributed by atoms with Gasteiger partial charge in [0.1, 0.15) is 0 Å². The second kappa shape index (κ2) is 5.19. The van der Waals surface area contributed by atoms with Gasteiger partial charge in [0, 0.05) is 19.0 Å². The molecule has 4 N–H and O–H groups in total. The third-order valence-electron chi connectivity index (χ3n) is 2.51. The maximum absolute atomic E-state index is 10.4. The Balaban J connectivity index is 2.15. The molecule has 4 nitrogen and oxygen atoms in total. The molecule has 0 aromatic carbocycles. The highest BCUT2D eigenvalue weighted by Crippen LogP contribution is 2.17. The first-order chi connectivity index (χ1) is 6.20. The van der Waals surface area contributed by atoms with Crippen LogP contribution in [0.3, 0.4) is 0 Å². The van der Waals surface area contributed by atoms with E-state index in [1.807, 2.05) is 0 Å². The van der Waals surface area contributed by atoms with Crippen LogP contribution in [0, 0.1) is 0 Å². The van der Waals surface area contributed by atoms with Gasteiger partial charge in [0.25, 0.3) is 0 Å². The first kappa shape index (κ1) is 10.5. The number of primary amides is 1. The lowest BCUT2D eigenvalue weighted by Crippen LogP contribution is -2.43. The van der Waals surface area contributed by atoms with Crippen LogP contribution in [-0.4, -0.2) is 29.7 Å². The van der Waals surface area contributed by atoms with Gasteiger partial charge < -0.3 is 16.2 Å². The lowest BCUT2D eigenvalue weighted by atomic mass is 9.92. The van der Waals surface area contributed by atoms with Crippen molar-refractivity contribution >= 4 is 5.91 Å². The predicted octanol–water partition coefficient (Wildman–Crippen LogP) is -0.245. The molecule has 1 aliphatic rings. The maximum Gasteiger partial charge on any atom is 0.218 e. The molecule has 1 aliphatic carbocycles. The zero-order valence-corrected chi connectivity index (χ0v) is 7.83. The first-order valence-corrected chi connectivity index (χ1v) is 4.90. The van der Waals surface area contributed by atoms with Gasteiger partial charge in [-0.25, -0.2) is 0 Å². The van der Waals surface area contributed by atoms with Gasteiger partial charge in [-0.2, -0.15) is 0 Å². The van der Waals surface area contributed by atoms with Crippen LogP contribution in [0.15, 0.2) is 0 Å². The van der Waals surface area contributed by atoms with Crippen molar-refractivity contribution in [1.29, 1.82) is 0 Å². The van der Waals surface area contributed by atoms with Crippen molar-refractivity contribution in [3.63, 3.8) is 0 Å². The summed E-state index contributed by atoms with van der Waals surface area (Å²) >= 11 is 0. The summed E-state index contributed by atoms with van der Waals surface area (Å²) < 4.78 is 0. The highest BCUT2D eigenvalue weighted by atomic mass is 16.3. The van der Waals surface area contributed by atoms with Crippen molar-refractivity contribution in [1.82, 2.24) is 5.32 Å². The van der Waals surface area contributed by atoms with Crippen molar-refractivity contribution in [3.8, 4) is 0 Å². The monoisotopic (exact) mass is 186 g/mol. The maximum atomic E-state index is 10.4. The smallest absolute Gasteiger partial charge is 0.218 e. The topological polar surface area (TPSA) is 75.4 Å². The third kappa shape index (κ3) is 3.74. The fourth-order valence-corrected chi connectivity index (χ4v) is 1.73. The fraction of sp³-hybridized carbons (Fsp3) is 0.889. The zero-order chi connectivity index (χ0) is 9.68. The number of hydrogen-bond acceptors (Lipinski definition) is 3. The van der Waals surface area contributed by atoms with Crippen LogP contribution in [-0.2, 0) is 4.79 Å². The molecule has 0 bridgehead atoms. The average Bonchev–Trinajstić information content (AvgIpc) is 2.08. The van der Waals surface area contributed by atoms with Gasteiger partial charge in [0.2, 0.25) is 5.91 Å². The summed E-state index contributed by atoms with van der Waals surface area (Å²) in [6, 6.07) is 0.160. The summed E-state index contributed by atoms with van der Waals surface area (Å²) in [4.78, 5) is 10.4. The molecule has 2 unspecified atom stereocenters. The highest BCUT2D eigenvalue weighted by Gasteiger charge is 2.21. The minimum absolute atomic E-state index is 0.160. The molecular weight excluding hydrogens is 168 g/mol. The van der Waals surface area contributed by atoms with Crippen LogP contribution < -0.4 is 11.1 Å². The lowest BCUT2D eigenvalue weighted by molar-refractivity contribution is -0.118. The summed E-state index contributed by atoms with van der Waals surface area (Å²) in [6.07, 6.45) is 4.24. The van der Waals surface area contributed by atoms with Crippen molar-refractivity contribution in [3.05, 3.63) is 0 Å². The van der Waals surface area contributed by atoms with Crippen LogP contribution in [0.2, 0.25) is 0 Å². The van der Waals surface area contributed by atoms with Crippen LogP contribution in [0.25, 0.3) is 0 Å². The fourth-order valence-electron chi connectivity index (χ4n) is 1.73. The van der Waals surface area contributed by atoms with Crippen LogP contribution in [0.1, 0.15) is 32.1 Å². The molecule has 0 spiro atoms. The van der Waals surface area contributed by atoms with E-state index in [4.69, 9.17) is 5.73 Å². The normalized spacial score (nSPS) is 28.7. The molecule has 0 aromatic rings. The summed E-state index contributed by atoms with van der Waals surface area (Å²) in [5, 5.41) is 12.7. The number of aliphatic hydroxyl groups is 1. The Morgan fingerprint density at radius 3 is 2.77 bits per heavy atom. The summed E-state index contributed by atoms with van der Waals surface area (Å²) in [6.45, 7) is 0.580. The predicted molar refractivity (Wildman–Crippen MR) is 50.1 cm³/mol. The zero-order valence-electron chi connectivity index (χ0n) is 7.83. The number of hydrogen-bond donors (Lipinski definition) is 3. The minimum atomic E-state index is -0.294. The third-order valence-corrected chi connectivity index (χ3v) is 2.51. The molecule has 4 heteroatoms. The van der Waals surface area contributed by atoms with E-state index < -0.39 is 0 Å². The highest BCUT2D eigenvalue weighted by molar-refractivity contribution is 5.73. The number of carbonyl (C=O) groups excluding carboxylic acids is 1. The van der Waals surface area contributed by atoms with E-state index in [0.29, 0.717) is 13.0 Å². The van der Waals surface area contributed by atoms with Crippen molar-refractivity contribution in [2.45, 2.75) is 44.2 Å².